The molecule has 0 atom stereocenters. The highest BCUT2D eigenvalue weighted by Gasteiger charge is 2.17. The summed E-state index contributed by atoms with van der Waals surface area (Å²) >= 11 is 2.60. The maximum atomic E-state index is 12.4. The second-order valence-corrected chi connectivity index (χ2v) is 8.79. The molecule has 0 saturated carbocycles. The van der Waals surface area contributed by atoms with Crippen LogP contribution in [0.3, 0.4) is 0 Å². The number of hydrogen-bond acceptors (Lipinski definition) is 8. The molecule has 0 aliphatic heterocycles. The number of thiazole rings is 1. The van der Waals surface area contributed by atoms with E-state index in [0.717, 1.165) is 16.9 Å². The molecular weight excluding hydrogens is 450 g/mol. The number of aromatic nitrogens is 6. The van der Waals surface area contributed by atoms with Crippen LogP contribution in [0.2, 0.25) is 0 Å². The molecule has 0 saturated heterocycles. The quantitative estimate of drug-likeness (QED) is 0.352. The third-order valence-electron chi connectivity index (χ3n) is 4.32. The summed E-state index contributed by atoms with van der Waals surface area (Å²) in [4.78, 5) is 44.6. The molecule has 32 heavy (non-hydrogen) atoms. The van der Waals surface area contributed by atoms with Gasteiger partial charge in [0.15, 0.2) is 10.3 Å². The van der Waals surface area contributed by atoms with Crippen LogP contribution in [-0.2, 0) is 11.2 Å². The molecule has 3 heterocycles. The first-order chi connectivity index (χ1) is 15.4. The number of aryl methyl sites for hydroxylation is 2. The van der Waals surface area contributed by atoms with Crippen molar-refractivity contribution in [2.75, 3.05) is 11.1 Å². The number of carbonyl (C=O) groups is 1. The summed E-state index contributed by atoms with van der Waals surface area (Å²) in [6.45, 7) is 3.83. The minimum atomic E-state index is -0.585. The number of anilines is 1. The van der Waals surface area contributed by atoms with E-state index in [-0.39, 0.29) is 18.1 Å². The molecule has 0 fully saturated rings. The van der Waals surface area contributed by atoms with Crippen molar-refractivity contribution in [3.63, 3.8) is 0 Å². The first kappa shape index (κ1) is 21.7. The van der Waals surface area contributed by atoms with Gasteiger partial charge in [0, 0.05) is 29.2 Å². The molecule has 3 N–H and O–H groups in total. The molecule has 0 spiro atoms. The molecule has 10 nitrogen and oxygen atoms in total. The Morgan fingerprint density at radius 2 is 2.03 bits per heavy atom. The van der Waals surface area contributed by atoms with E-state index in [2.05, 4.69) is 30.5 Å². The summed E-state index contributed by atoms with van der Waals surface area (Å²) in [6.07, 6.45) is 0.186. The van der Waals surface area contributed by atoms with Gasteiger partial charge in [-0.15, -0.1) is 21.5 Å². The minimum absolute atomic E-state index is 0.115. The van der Waals surface area contributed by atoms with E-state index in [0.29, 0.717) is 21.8 Å². The van der Waals surface area contributed by atoms with Gasteiger partial charge in [-0.05, 0) is 31.5 Å². The Hall–Kier alpha value is -3.51. The first-order valence-corrected chi connectivity index (χ1v) is 11.4. The number of rotatable bonds is 7. The van der Waals surface area contributed by atoms with Crippen LogP contribution in [0.25, 0.3) is 5.69 Å². The lowest BCUT2D eigenvalue weighted by Gasteiger charge is -2.11. The number of thioether (sulfide) groups is 1. The molecule has 0 bridgehead atoms. The Bertz CT molecular complexity index is 1360. The summed E-state index contributed by atoms with van der Waals surface area (Å²) in [6, 6.07) is 9.07. The molecule has 0 unspecified atom stereocenters. The molecule has 1 amide bonds. The zero-order chi connectivity index (χ0) is 22.7. The highest BCUT2D eigenvalue weighted by molar-refractivity contribution is 7.99. The van der Waals surface area contributed by atoms with Crippen molar-refractivity contribution in [3.8, 4) is 5.69 Å². The summed E-state index contributed by atoms with van der Waals surface area (Å²) in [5.74, 6) is 0.434. The van der Waals surface area contributed by atoms with E-state index in [9.17, 15) is 14.4 Å². The molecular formula is C20H19N7O3S2. The summed E-state index contributed by atoms with van der Waals surface area (Å²) in [5.41, 5.74) is 2.04. The average Bonchev–Trinajstić information content (AvgIpc) is 3.31. The van der Waals surface area contributed by atoms with Gasteiger partial charge in [-0.2, -0.15) is 0 Å². The van der Waals surface area contributed by atoms with Crippen LogP contribution >= 0.6 is 23.1 Å². The molecule has 4 aromatic rings. The molecule has 0 aliphatic rings. The smallest absolute Gasteiger partial charge is 0.311 e. The number of aromatic amines is 2. The third kappa shape index (κ3) is 5.21. The van der Waals surface area contributed by atoms with Crippen LogP contribution in [0, 0.1) is 13.8 Å². The predicted molar refractivity (Wildman–Crippen MR) is 123 cm³/mol. The van der Waals surface area contributed by atoms with Gasteiger partial charge in [0.1, 0.15) is 5.82 Å². The van der Waals surface area contributed by atoms with E-state index in [1.54, 1.807) is 0 Å². The number of nitrogens with zero attached hydrogens (tertiary/aromatic N) is 4. The predicted octanol–water partition coefficient (Wildman–Crippen LogP) is 2.04. The highest BCUT2D eigenvalue weighted by Crippen LogP contribution is 2.24. The van der Waals surface area contributed by atoms with Gasteiger partial charge < -0.3 is 10.3 Å². The van der Waals surface area contributed by atoms with Crippen LogP contribution in [0.5, 0.6) is 0 Å². The van der Waals surface area contributed by atoms with Gasteiger partial charge in [-0.25, -0.2) is 9.78 Å². The van der Waals surface area contributed by atoms with Crippen molar-refractivity contribution in [2.24, 2.45) is 0 Å². The van der Waals surface area contributed by atoms with Gasteiger partial charge in [0.25, 0.3) is 5.56 Å². The van der Waals surface area contributed by atoms with Crippen LogP contribution in [0.15, 0.2) is 50.5 Å². The summed E-state index contributed by atoms with van der Waals surface area (Å²) in [7, 11) is 0. The lowest BCUT2D eigenvalue weighted by Crippen LogP contribution is -2.23. The van der Waals surface area contributed by atoms with E-state index >= 15 is 0 Å². The average molecular weight is 470 g/mol. The third-order valence-corrected chi connectivity index (χ3v) is 6.13. The van der Waals surface area contributed by atoms with Crippen LogP contribution in [-0.4, -0.2) is 41.4 Å². The van der Waals surface area contributed by atoms with Crippen molar-refractivity contribution in [1.29, 1.82) is 0 Å². The van der Waals surface area contributed by atoms with Crippen molar-refractivity contribution < 1.29 is 4.79 Å². The minimum Gasteiger partial charge on any atom is -0.311 e. The Morgan fingerprint density at radius 1 is 1.19 bits per heavy atom. The molecule has 12 heteroatoms. The fourth-order valence-electron chi connectivity index (χ4n) is 3.02. The normalized spacial score (nSPS) is 10.9. The van der Waals surface area contributed by atoms with Crippen LogP contribution in [0.4, 0.5) is 5.13 Å². The molecule has 0 radical (unpaired) electrons. The van der Waals surface area contributed by atoms with Crippen LogP contribution in [0.1, 0.15) is 22.8 Å². The molecule has 4 rings (SSSR count). The van der Waals surface area contributed by atoms with Gasteiger partial charge in [0.2, 0.25) is 5.91 Å². The van der Waals surface area contributed by atoms with Crippen molar-refractivity contribution in [3.05, 3.63) is 79.3 Å². The van der Waals surface area contributed by atoms with E-state index in [1.807, 2.05) is 48.1 Å². The standard InChI is InChI=1S/C20H19N7O3S2/c1-11-4-3-5-14(6-11)27-15(7-13-8-16(28)23-18(30)22-13)25-26-20(27)32-10-17(29)24-19-21-12(2)9-31-19/h3-6,8-9H,7,10H2,1-2H3,(H,21,24,29)(H2,22,23,28,30). The zero-order valence-corrected chi connectivity index (χ0v) is 18.8. The van der Waals surface area contributed by atoms with Gasteiger partial charge in [-0.3, -0.25) is 19.1 Å². The van der Waals surface area contributed by atoms with E-state index in [4.69, 9.17) is 0 Å². The summed E-state index contributed by atoms with van der Waals surface area (Å²) in [5, 5.41) is 14.2. The molecule has 1 aromatic carbocycles. The number of hydrogen-bond donors (Lipinski definition) is 3. The Balaban J connectivity index is 1.61. The first-order valence-electron chi connectivity index (χ1n) is 9.56. The van der Waals surface area contributed by atoms with Crippen molar-refractivity contribution in [2.45, 2.75) is 25.4 Å². The second-order valence-electron chi connectivity index (χ2n) is 6.99. The Kier molecular flexibility index (Phi) is 6.32. The molecule has 164 valence electrons. The van der Waals surface area contributed by atoms with Crippen LogP contribution < -0.4 is 16.6 Å². The lowest BCUT2D eigenvalue weighted by molar-refractivity contribution is -0.113. The maximum absolute atomic E-state index is 12.4. The molecule has 3 aromatic heterocycles. The number of carbonyl (C=O) groups excluding carboxylic acids is 1. The number of benzene rings is 1. The topological polar surface area (TPSA) is 138 Å². The highest BCUT2D eigenvalue weighted by atomic mass is 32.2. The monoisotopic (exact) mass is 469 g/mol. The second kappa shape index (κ2) is 9.32. The molecule has 0 aliphatic carbocycles. The fraction of sp³-hybridized carbons (Fsp3) is 0.200. The Labute approximate surface area is 190 Å². The number of H-pyrrole nitrogens is 2. The summed E-state index contributed by atoms with van der Waals surface area (Å²) < 4.78 is 1.82. The largest absolute Gasteiger partial charge is 0.325 e. The van der Waals surface area contributed by atoms with Gasteiger partial charge in [0.05, 0.1) is 11.4 Å². The van der Waals surface area contributed by atoms with E-state index in [1.165, 1.54) is 29.2 Å². The SMILES string of the molecule is Cc1cccc(-n2c(Cc3cc(=O)[nH]c(=O)[nH]3)nnc2SCC(=O)Nc2nc(C)cs2)c1. The van der Waals surface area contributed by atoms with Crippen molar-refractivity contribution >= 4 is 34.1 Å². The lowest BCUT2D eigenvalue weighted by atomic mass is 10.2. The van der Waals surface area contributed by atoms with E-state index < -0.39 is 11.2 Å². The maximum Gasteiger partial charge on any atom is 0.325 e. The Morgan fingerprint density at radius 3 is 2.75 bits per heavy atom. The van der Waals surface area contributed by atoms with Gasteiger partial charge >= 0.3 is 5.69 Å². The van der Waals surface area contributed by atoms with Gasteiger partial charge in [-0.1, -0.05) is 23.9 Å². The number of nitrogens with one attached hydrogen (secondary N) is 3. The number of amides is 1. The van der Waals surface area contributed by atoms with Crippen molar-refractivity contribution in [1.82, 2.24) is 29.7 Å². The fourth-order valence-corrected chi connectivity index (χ4v) is 4.49. The zero-order valence-electron chi connectivity index (χ0n) is 17.2.